The van der Waals surface area contributed by atoms with E-state index >= 15 is 0 Å². The summed E-state index contributed by atoms with van der Waals surface area (Å²) in [5, 5.41) is 12.5. The highest BCUT2D eigenvalue weighted by atomic mass is 32.1. The molecule has 80 valence electrons. The van der Waals surface area contributed by atoms with Crippen LogP contribution in [0.15, 0.2) is 24.3 Å². The van der Waals surface area contributed by atoms with Gasteiger partial charge in [0.1, 0.15) is 4.99 Å². The molecule has 0 aliphatic rings. The molecule has 15 heavy (non-hydrogen) atoms. The Morgan fingerprint density at radius 1 is 1.40 bits per heavy atom. The van der Waals surface area contributed by atoms with Gasteiger partial charge in [0, 0.05) is 17.8 Å². The summed E-state index contributed by atoms with van der Waals surface area (Å²) in [6.07, 6.45) is -2.74. The fraction of sp³-hybridized carbons (Fsp3) is 0.125. The number of hydrogen-bond acceptors (Lipinski definition) is 3. The topological polar surface area (TPSA) is 55.2 Å². The summed E-state index contributed by atoms with van der Waals surface area (Å²) < 4.78 is 24.0. The number of anilines is 1. The monoisotopic (exact) mass is 232 g/mol. The smallest absolute Gasteiger partial charge is 0.288 e. The van der Waals surface area contributed by atoms with E-state index in [4.69, 9.17) is 0 Å². The second-order valence-electron chi connectivity index (χ2n) is 2.59. The minimum Gasteiger partial charge on any atom is -0.345 e. The van der Waals surface area contributed by atoms with E-state index in [1.54, 1.807) is 0 Å². The van der Waals surface area contributed by atoms with Crippen molar-refractivity contribution in [2.75, 3.05) is 5.32 Å². The molecule has 0 bridgehead atoms. The number of nitrogens with one attached hydrogen (secondary N) is 1. The first-order valence-corrected chi connectivity index (χ1v) is 4.25. The maximum Gasteiger partial charge on any atom is 0.288 e. The summed E-state index contributed by atoms with van der Waals surface area (Å²) in [6.45, 7) is 0. The maximum atomic E-state index is 12.0. The van der Waals surface area contributed by atoms with E-state index < -0.39 is 16.3 Å². The molecule has 4 nitrogen and oxygen atoms in total. The van der Waals surface area contributed by atoms with Crippen LogP contribution < -0.4 is 5.32 Å². The van der Waals surface area contributed by atoms with Gasteiger partial charge in [-0.15, -0.1) is 0 Å². The van der Waals surface area contributed by atoms with Crippen LogP contribution in [0.4, 0.5) is 20.2 Å². The molecule has 1 rings (SSSR count). The summed E-state index contributed by atoms with van der Waals surface area (Å²) in [5.41, 5.74) is 0.189. The van der Waals surface area contributed by atoms with Crippen LogP contribution in [-0.4, -0.2) is 16.3 Å². The Hall–Kier alpha value is -1.63. The zero-order valence-corrected chi connectivity index (χ0v) is 8.13. The Balaban J connectivity index is 2.73. The summed E-state index contributed by atoms with van der Waals surface area (Å²) >= 11 is 4.35. The molecule has 1 aromatic carbocycles. The minimum atomic E-state index is -2.74. The van der Waals surface area contributed by atoms with Gasteiger partial charge in [0.25, 0.3) is 12.1 Å². The number of nitrogens with zero attached hydrogens (tertiary/aromatic N) is 1. The SMILES string of the molecule is O=[N+]([O-])c1ccc(NC(=S)C(F)F)cc1. The van der Waals surface area contributed by atoms with E-state index in [2.05, 4.69) is 17.5 Å². The molecule has 0 radical (unpaired) electrons. The van der Waals surface area contributed by atoms with Gasteiger partial charge in [-0.05, 0) is 12.1 Å². The van der Waals surface area contributed by atoms with Crippen LogP contribution in [0.1, 0.15) is 0 Å². The van der Waals surface area contributed by atoms with E-state index in [1.807, 2.05) is 0 Å². The Morgan fingerprint density at radius 2 is 1.93 bits per heavy atom. The van der Waals surface area contributed by atoms with Crippen LogP contribution in [0.25, 0.3) is 0 Å². The third-order valence-corrected chi connectivity index (χ3v) is 1.82. The second kappa shape index (κ2) is 4.74. The third kappa shape index (κ3) is 3.21. The number of benzene rings is 1. The number of hydrogen-bond donors (Lipinski definition) is 1. The Bertz CT molecular complexity index is 381. The van der Waals surface area contributed by atoms with E-state index in [9.17, 15) is 18.9 Å². The molecule has 0 aliphatic carbocycles. The van der Waals surface area contributed by atoms with Gasteiger partial charge in [-0.2, -0.15) is 0 Å². The van der Waals surface area contributed by atoms with Crippen molar-refractivity contribution < 1.29 is 13.7 Å². The summed E-state index contributed by atoms with van der Waals surface area (Å²) in [4.78, 5) is 9.10. The first kappa shape index (κ1) is 11.4. The largest absolute Gasteiger partial charge is 0.345 e. The van der Waals surface area contributed by atoms with Crippen LogP contribution in [0.5, 0.6) is 0 Å². The second-order valence-corrected chi connectivity index (χ2v) is 3.03. The number of non-ortho nitro benzene ring substituents is 1. The summed E-state index contributed by atoms with van der Waals surface area (Å²) in [6, 6.07) is 5.03. The molecular formula is C8H6F2N2O2S. The van der Waals surface area contributed by atoms with Crippen molar-refractivity contribution in [3.63, 3.8) is 0 Å². The van der Waals surface area contributed by atoms with Gasteiger partial charge in [0.15, 0.2) is 0 Å². The number of rotatable bonds is 3. The van der Waals surface area contributed by atoms with Gasteiger partial charge >= 0.3 is 0 Å². The van der Waals surface area contributed by atoms with Crippen molar-refractivity contribution in [1.82, 2.24) is 0 Å². The zero-order chi connectivity index (χ0) is 11.4. The van der Waals surface area contributed by atoms with Crippen molar-refractivity contribution in [3.05, 3.63) is 34.4 Å². The van der Waals surface area contributed by atoms with E-state index in [0.29, 0.717) is 5.69 Å². The van der Waals surface area contributed by atoms with Gasteiger partial charge in [-0.3, -0.25) is 10.1 Å². The number of halogens is 2. The average molecular weight is 232 g/mol. The molecule has 0 aromatic heterocycles. The average Bonchev–Trinajstić information content (AvgIpc) is 2.18. The van der Waals surface area contributed by atoms with E-state index in [1.165, 1.54) is 24.3 Å². The lowest BCUT2D eigenvalue weighted by Crippen LogP contribution is -2.17. The lowest BCUT2D eigenvalue weighted by Gasteiger charge is -2.05. The highest BCUT2D eigenvalue weighted by molar-refractivity contribution is 7.80. The van der Waals surface area contributed by atoms with Gasteiger partial charge in [0.2, 0.25) is 0 Å². The van der Waals surface area contributed by atoms with Gasteiger partial charge < -0.3 is 5.32 Å². The van der Waals surface area contributed by atoms with Crippen molar-refractivity contribution >= 4 is 28.6 Å². The molecule has 1 N–H and O–H groups in total. The zero-order valence-electron chi connectivity index (χ0n) is 7.31. The Morgan fingerprint density at radius 3 is 2.33 bits per heavy atom. The Labute approximate surface area is 89.1 Å². The molecule has 0 unspecified atom stereocenters. The molecule has 0 saturated heterocycles. The minimum absolute atomic E-state index is 0.108. The molecule has 0 saturated carbocycles. The van der Waals surface area contributed by atoms with E-state index in [-0.39, 0.29) is 5.69 Å². The third-order valence-electron chi connectivity index (χ3n) is 1.54. The van der Waals surface area contributed by atoms with Gasteiger partial charge in [-0.25, -0.2) is 8.78 Å². The fourth-order valence-electron chi connectivity index (χ4n) is 0.863. The highest BCUT2D eigenvalue weighted by Gasteiger charge is 2.11. The molecule has 1 aromatic rings. The van der Waals surface area contributed by atoms with Gasteiger partial charge in [0.05, 0.1) is 4.92 Å². The lowest BCUT2D eigenvalue weighted by molar-refractivity contribution is -0.384. The number of alkyl halides is 2. The predicted molar refractivity (Wildman–Crippen MR) is 55.3 cm³/mol. The first-order valence-electron chi connectivity index (χ1n) is 3.84. The van der Waals surface area contributed by atoms with Crippen LogP contribution in [0.3, 0.4) is 0 Å². The molecule has 0 fully saturated rings. The summed E-state index contributed by atoms with van der Waals surface area (Å²) in [7, 11) is 0. The molecule has 0 aliphatic heterocycles. The van der Waals surface area contributed by atoms with Crippen LogP contribution in [0, 0.1) is 10.1 Å². The molecule has 0 amide bonds. The quantitative estimate of drug-likeness (QED) is 0.494. The number of nitro benzene ring substituents is 1. The first-order chi connectivity index (χ1) is 7.00. The van der Waals surface area contributed by atoms with Crippen LogP contribution in [0.2, 0.25) is 0 Å². The molecule has 0 atom stereocenters. The number of thiocarbonyl (C=S) groups is 1. The molecular weight excluding hydrogens is 226 g/mol. The lowest BCUT2D eigenvalue weighted by atomic mass is 10.3. The van der Waals surface area contributed by atoms with Crippen molar-refractivity contribution in [2.24, 2.45) is 0 Å². The maximum absolute atomic E-state index is 12.0. The standard InChI is InChI=1S/C8H6F2N2O2S/c9-7(10)8(15)11-5-1-3-6(4-2-5)12(13)14/h1-4,7H,(H,11,15). The van der Waals surface area contributed by atoms with Crippen LogP contribution in [-0.2, 0) is 0 Å². The normalized spacial score (nSPS) is 10.1. The van der Waals surface area contributed by atoms with Crippen LogP contribution >= 0.6 is 12.2 Å². The van der Waals surface area contributed by atoms with E-state index in [0.717, 1.165) is 0 Å². The van der Waals surface area contributed by atoms with Crippen molar-refractivity contribution in [3.8, 4) is 0 Å². The van der Waals surface area contributed by atoms with Gasteiger partial charge in [-0.1, -0.05) is 12.2 Å². The predicted octanol–water partition coefficient (Wildman–Crippen LogP) is 2.60. The molecule has 0 spiro atoms. The molecule has 7 heteroatoms. The Kier molecular flexibility index (Phi) is 3.62. The number of nitro groups is 1. The summed E-state index contributed by atoms with van der Waals surface area (Å²) in [5.74, 6) is 0. The highest BCUT2D eigenvalue weighted by Crippen LogP contribution is 2.16. The molecule has 0 heterocycles. The fourth-order valence-corrected chi connectivity index (χ4v) is 0.981. The van der Waals surface area contributed by atoms with Crippen molar-refractivity contribution in [1.29, 1.82) is 0 Å². The van der Waals surface area contributed by atoms with Crippen molar-refractivity contribution in [2.45, 2.75) is 6.43 Å².